The lowest BCUT2D eigenvalue weighted by Gasteiger charge is -2.13. The van der Waals surface area contributed by atoms with Gasteiger partial charge in [0.15, 0.2) is 0 Å². The predicted octanol–water partition coefficient (Wildman–Crippen LogP) is 4.50. The van der Waals surface area contributed by atoms with Crippen molar-refractivity contribution >= 4 is 15.9 Å². The van der Waals surface area contributed by atoms with Gasteiger partial charge in [-0.2, -0.15) is 0 Å². The molecule has 0 saturated heterocycles. The van der Waals surface area contributed by atoms with Gasteiger partial charge in [0.05, 0.1) is 0 Å². The van der Waals surface area contributed by atoms with Gasteiger partial charge < -0.3 is 10.5 Å². The molecule has 2 aromatic rings. The minimum absolute atomic E-state index is 0.279. The molecule has 0 aliphatic heterocycles. The Labute approximate surface area is 126 Å². The molecule has 20 heavy (non-hydrogen) atoms. The van der Waals surface area contributed by atoms with Crippen LogP contribution in [0.15, 0.2) is 34.8 Å². The molecule has 2 aromatic carbocycles. The molecule has 0 aliphatic carbocycles. The van der Waals surface area contributed by atoms with E-state index < -0.39 is 0 Å². The molecule has 2 rings (SSSR count). The monoisotopic (exact) mass is 337 g/mol. The fraction of sp³-hybridized carbons (Fsp3) is 0.250. The highest BCUT2D eigenvalue weighted by molar-refractivity contribution is 9.10. The summed E-state index contributed by atoms with van der Waals surface area (Å²) in [6.07, 6.45) is 0.455. The average molecular weight is 338 g/mol. The minimum atomic E-state index is -0.279. The van der Waals surface area contributed by atoms with Gasteiger partial charge in [-0.25, -0.2) is 4.39 Å². The molecule has 0 heterocycles. The third-order valence-electron chi connectivity index (χ3n) is 3.11. The zero-order valence-electron chi connectivity index (χ0n) is 11.5. The number of benzene rings is 2. The smallest absolute Gasteiger partial charge is 0.133 e. The van der Waals surface area contributed by atoms with Gasteiger partial charge in [0.25, 0.3) is 0 Å². The maximum absolute atomic E-state index is 13.8. The Morgan fingerprint density at radius 3 is 2.45 bits per heavy atom. The van der Waals surface area contributed by atoms with Crippen LogP contribution in [0.1, 0.15) is 16.7 Å². The summed E-state index contributed by atoms with van der Waals surface area (Å²) >= 11 is 3.52. The van der Waals surface area contributed by atoms with Crippen molar-refractivity contribution in [1.29, 1.82) is 0 Å². The molecule has 0 fully saturated rings. The van der Waals surface area contributed by atoms with Crippen molar-refractivity contribution in [2.75, 3.05) is 6.54 Å². The highest BCUT2D eigenvalue weighted by atomic mass is 79.9. The highest BCUT2D eigenvalue weighted by Crippen LogP contribution is 2.31. The summed E-state index contributed by atoms with van der Waals surface area (Å²) in [5, 5.41) is 0. The van der Waals surface area contributed by atoms with Crippen LogP contribution < -0.4 is 10.5 Å². The van der Waals surface area contributed by atoms with Crippen LogP contribution in [0.4, 0.5) is 4.39 Å². The third kappa shape index (κ3) is 3.19. The number of halogens is 2. The van der Waals surface area contributed by atoms with E-state index in [0.717, 1.165) is 15.6 Å². The minimum Gasteiger partial charge on any atom is -0.457 e. The van der Waals surface area contributed by atoms with E-state index in [1.165, 1.54) is 6.07 Å². The molecule has 4 heteroatoms. The summed E-state index contributed by atoms with van der Waals surface area (Å²) in [6.45, 7) is 4.38. The predicted molar refractivity (Wildman–Crippen MR) is 82.8 cm³/mol. The molecule has 0 unspecified atom stereocenters. The van der Waals surface area contributed by atoms with Gasteiger partial charge in [0, 0.05) is 10.0 Å². The molecule has 0 radical (unpaired) electrons. The van der Waals surface area contributed by atoms with E-state index in [1.807, 2.05) is 26.0 Å². The average Bonchev–Trinajstić information content (AvgIpc) is 2.40. The molecule has 0 saturated carbocycles. The molecule has 0 bridgehead atoms. The second-order valence-electron chi connectivity index (χ2n) is 4.73. The quantitative estimate of drug-likeness (QED) is 0.891. The van der Waals surface area contributed by atoms with E-state index in [2.05, 4.69) is 15.9 Å². The van der Waals surface area contributed by atoms with Gasteiger partial charge in [-0.05, 0) is 62.2 Å². The van der Waals surface area contributed by atoms with E-state index >= 15 is 0 Å². The lowest BCUT2D eigenvalue weighted by atomic mass is 10.1. The summed E-state index contributed by atoms with van der Waals surface area (Å²) in [7, 11) is 0. The fourth-order valence-corrected chi connectivity index (χ4v) is 2.34. The van der Waals surface area contributed by atoms with E-state index in [9.17, 15) is 4.39 Å². The molecule has 106 valence electrons. The lowest BCUT2D eigenvalue weighted by Crippen LogP contribution is -2.06. The lowest BCUT2D eigenvalue weighted by molar-refractivity contribution is 0.466. The molecular weight excluding hydrogens is 321 g/mol. The largest absolute Gasteiger partial charge is 0.457 e. The first-order chi connectivity index (χ1) is 9.52. The first-order valence-corrected chi connectivity index (χ1v) is 7.24. The SMILES string of the molecule is Cc1cc(Oc2cccc(F)c2CCN)cc(C)c1Br. The van der Waals surface area contributed by atoms with Crippen LogP contribution in [0, 0.1) is 19.7 Å². The topological polar surface area (TPSA) is 35.2 Å². The molecule has 0 spiro atoms. The first-order valence-electron chi connectivity index (χ1n) is 6.45. The van der Waals surface area contributed by atoms with E-state index in [1.54, 1.807) is 12.1 Å². The fourth-order valence-electron chi connectivity index (χ4n) is 2.11. The molecule has 0 amide bonds. The Kier molecular flexibility index (Phi) is 4.78. The van der Waals surface area contributed by atoms with Crippen molar-refractivity contribution in [3.63, 3.8) is 0 Å². The second-order valence-corrected chi connectivity index (χ2v) is 5.52. The molecule has 2 nitrogen and oxygen atoms in total. The number of rotatable bonds is 4. The Hall–Kier alpha value is -1.39. The first kappa shape index (κ1) is 15.0. The van der Waals surface area contributed by atoms with Gasteiger partial charge >= 0.3 is 0 Å². The standard InChI is InChI=1S/C16H17BrFNO/c1-10-8-12(9-11(2)16(10)17)20-15-5-3-4-14(18)13(15)6-7-19/h3-5,8-9H,6-7,19H2,1-2H3. The summed E-state index contributed by atoms with van der Waals surface area (Å²) < 4.78 is 20.7. The number of nitrogens with two attached hydrogens (primary N) is 1. The van der Waals surface area contributed by atoms with Crippen LogP contribution in [-0.4, -0.2) is 6.54 Å². The number of hydrogen-bond donors (Lipinski definition) is 1. The van der Waals surface area contributed by atoms with Crippen molar-refractivity contribution in [2.45, 2.75) is 20.3 Å². The Morgan fingerprint density at radius 1 is 1.20 bits per heavy atom. The maximum Gasteiger partial charge on any atom is 0.133 e. The second kappa shape index (κ2) is 6.37. The van der Waals surface area contributed by atoms with Gasteiger partial charge in [-0.1, -0.05) is 22.0 Å². The van der Waals surface area contributed by atoms with Crippen LogP contribution in [0.25, 0.3) is 0 Å². The van der Waals surface area contributed by atoms with Gasteiger partial charge in [0.2, 0.25) is 0 Å². The van der Waals surface area contributed by atoms with E-state index in [0.29, 0.717) is 30.0 Å². The van der Waals surface area contributed by atoms with Crippen molar-refractivity contribution in [3.05, 3.63) is 57.3 Å². The van der Waals surface area contributed by atoms with Crippen molar-refractivity contribution in [1.82, 2.24) is 0 Å². The van der Waals surface area contributed by atoms with E-state index in [4.69, 9.17) is 10.5 Å². The summed E-state index contributed by atoms with van der Waals surface area (Å²) in [6, 6.07) is 8.68. The van der Waals surface area contributed by atoms with Crippen LogP contribution >= 0.6 is 15.9 Å². The third-order valence-corrected chi connectivity index (χ3v) is 4.36. The summed E-state index contributed by atoms with van der Waals surface area (Å²) in [5.74, 6) is 0.946. The maximum atomic E-state index is 13.8. The van der Waals surface area contributed by atoms with Crippen LogP contribution in [0.2, 0.25) is 0 Å². The molecule has 2 N–H and O–H groups in total. The molecule has 0 aliphatic rings. The number of hydrogen-bond acceptors (Lipinski definition) is 2. The normalized spacial score (nSPS) is 10.7. The van der Waals surface area contributed by atoms with Gasteiger partial charge in [-0.3, -0.25) is 0 Å². The Balaban J connectivity index is 2.37. The summed E-state index contributed by atoms with van der Waals surface area (Å²) in [5.41, 5.74) is 8.21. The molecular formula is C16H17BrFNO. The highest BCUT2D eigenvalue weighted by Gasteiger charge is 2.11. The Morgan fingerprint density at radius 2 is 1.85 bits per heavy atom. The van der Waals surface area contributed by atoms with Crippen LogP contribution in [-0.2, 0) is 6.42 Å². The van der Waals surface area contributed by atoms with Gasteiger partial charge in [0.1, 0.15) is 17.3 Å². The molecule has 0 atom stereocenters. The van der Waals surface area contributed by atoms with Crippen LogP contribution in [0.3, 0.4) is 0 Å². The zero-order chi connectivity index (χ0) is 14.7. The number of aryl methyl sites for hydroxylation is 2. The summed E-state index contributed by atoms with van der Waals surface area (Å²) in [4.78, 5) is 0. The van der Waals surface area contributed by atoms with Gasteiger partial charge in [-0.15, -0.1) is 0 Å². The Bertz CT molecular complexity index is 605. The number of ether oxygens (including phenoxy) is 1. The zero-order valence-corrected chi connectivity index (χ0v) is 13.1. The van der Waals surface area contributed by atoms with Crippen LogP contribution in [0.5, 0.6) is 11.5 Å². The van der Waals surface area contributed by atoms with Crippen molar-refractivity contribution in [2.24, 2.45) is 5.73 Å². The van der Waals surface area contributed by atoms with Crippen molar-refractivity contribution in [3.8, 4) is 11.5 Å². The molecule has 0 aromatic heterocycles. The van der Waals surface area contributed by atoms with Crippen molar-refractivity contribution < 1.29 is 9.13 Å². The van der Waals surface area contributed by atoms with E-state index in [-0.39, 0.29) is 5.82 Å².